The molecule has 0 saturated carbocycles. The van der Waals surface area contributed by atoms with Gasteiger partial charge in [-0.1, -0.05) is 18.2 Å². The van der Waals surface area contributed by atoms with Gasteiger partial charge in [0.25, 0.3) is 0 Å². The second kappa shape index (κ2) is 7.01. The number of para-hydroxylation sites is 1. The molecule has 0 atom stereocenters. The zero-order valence-corrected chi connectivity index (χ0v) is 15.7. The molecule has 0 spiro atoms. The van der Waals surface area contributed by atoms with Gasteiger partial charge in [0, 0.05) is 37.0 Å². The van der Waals surface area contributed by atoms with Crippen LogP contribution in [0, 0.1) is 13.8 Å². The Bertz CT molecular complexity index is 986. The van der Waals surface area contributed by atoms with Gasteiger partial charge < -0.3 is 4.57 Å². The first-order chi connectivity index (χ1) is 11.9. The van der Waals surface area contributed by atoms with Gasteiger partial charge in [-0.15, -0.1) is 0 Å². The molecule has 0 aliphatic heterocycles. The molecule has 6 nitrogen and oxygen atoms in total. The second-order valence-corrected chi connectivity index (χ2v) is 7.92. The van der Waals surface area contributed by atoms with Crippen molar-refractivity contribution < 1.29 is 8.42 Å². The Kier molecular flexibility index (Phi) is 4.96. The Morgan fingerprint density at radius 1 is 1.20 bits per heavy atom. The molecule has 2 heterocycles. The molecule has 2 aromatic heterocycles. The molecule has 0 unspecified atom stereocenters. The Morgan fingerprint density at radius 2 is 1.96 bits per heavy atom. The molecular formula is C18H24N4O2S. The number of aromatic nitrogens is 3. The Morgan fingerprint density at radius 3 is 2.68 bits per heavy atom. The van der Waals surface area contributed by atoms with Crippen molar-refractivity contribution in [3.63, 3.8) is 0 Å². The van der Waals surface area contributed by atoms with E-state index in [0.717, 1.165) is 13.0 Å². The number of aryl methyl sites for hydroxylation is 4. The van der Waals surface area contributed by atoms with Crippen molar-refractivity contribution in [2.24, 2.45) is 0 Å². The van der Waals surface area contributed by atoms with E-state index >= 15 is 0 Å². The van der Waals surface area contributed by atoms with E-state index in [4.69, 9.17) is 0 Å². The molecule has 7 heteroatoms. The van der Waals surface area contributed by atoms with Crippen molar-refractivity contribution >= 4 is 20.9 Å². The van der Waals surface area contributed by atoms with Crippen LogP contribution >= 0.6 is 0 Å². The third-order valence-corrected chi connectivity index (χ3v) is 5.95. The Labute approximate surface area is 148 Å². The summed E-state index contributed by atoms with van der Waals surface area (Å²) in [5.41, 5.74) is 2.90. The van der Waals surface area contributed by atoms with E-state index in [1.54, 1.807) is 17.8 Å². The lowest BCUT2D eigenvalue weighted by Crippen LogP contribution is -2.26. The highest BCUT2D eigenvalue weighted by atomic mass is 32.2. The standard InChI is InChI=1S/C18H24N4O2S/c1-4-21-13-18(15(3)20-21)25(23,24)19-10-7-11-22-14(2)12-16-8-5-6-9-17(16)22/h5-6,8-9,12-13,19H,4,7,10-11H2,1-3H3. The zero-order valence-electron chi connectivity index (χ0n) is 14.9. The van der Waals surface area contributed by atoms with Crippen LogP contribution in [0.5, 0.6) is 0 Å². The van der Waals surface area contributed by atoms with Crippen LogP contribution in [0.25, 0.3) is 10.9 Å². The van der Waals surface area contributed by atoms with Crippen LogP contribution in [0.4, 0.5) is 0 Å². The molecule has 0 amide bonds. The van der Waals surface area contributed by atoms with Crippen molar-refractivity contribution in [1.82, 2.24) is 19.1 Å². The Hall–Kier alpha value is -2.12. The number of nitrogens with zero attached hydrogens (tertiary/aromatic N) is 3. The molecule has 3 rings (SSSR count). The summed E-state index contributed by atoms with van der Waals surface area (Å²) in [6, 6.07) is 10.4. The third kappa shape index (κ3) is 3.62. The first-order valence-electron chi connectivity index (χ1n) is 8.51. The normalized spacial score (nSPS) is 12.1. The van der Waals surface area contributed by atoms with Crippen LogP contribution in [0.2, 0.25) is 0 Å². The zero-order chi connectivity index (χ0) is 18.0. The van der Waals surface area contributed by atoms with Crippen LogP contribution in [0.1, 0.15) is 24.7 Å². The van der Waals surface area contributed by atoms with E-state index in [1.807, 2.05) is 19.1 Å². The average Bonchev–Trinajstić information content (AvgIpc) is 3.11. The highest BCUT2D eigenvalue weighted by Crippen LogP contribution is 2.19. The minimum absolute atomic E-state index is 0.261. The van der Waals surface area contributed by atoms with Gasteiger partial charge in [0.2, 0.25) is 10.0 Å². The highest BCUT2D eigenvalue weighted by molar-refractivity contribution is 7.89. The van der Waals surface area contributed by atoms with Gasteiger partial charge in [-0.2, -0.15) is 5.10 Å². The number of hydrogen-bond acceptors (Lipinski definition) is 3. The maximum absolute atomic E-state index is 12.5. The average molecular weight is 360 g/mol. The monoisotopic (exact) mass is 360 g/mol. The minimum Gasteiger partial charge on any atom is -0.345 e. The quantitative estimate of drug-likeness (QED) is 0.659. The molecule has 3 aromatic rings. The summed E-state index contributed by atoms with van der Waals surface area (Å²) in [6.45, 7) is 7.54. The molecule has 0 aliphatic carbocycles. The molecule has 0 saturated heterocycles. The molecule has 0 aliphatic rings. The summed E-state index contributed by atoms with van der Waals surface area (Å²) in [5, 5.41) is 5.41. The smallest absolute Gasteiger partial charge is 0.243 e. The summed E-state index contributed by atoms with van der Waals surface area (Å²) < 4.78 is 31.5. The van der Waals surface area contributed by atoms with E-state index in [9.17, 15) is 8.42 Å². The van der Waals surface area contributed by atoms with Crippen LogP contribution in [-0.2, 0) is 23.1 Å². The maximum Gasteiger partial charge on any atom is 0.243 e. The highest BCUT2D eigenvalue weighted by Gasteiger charge is 2.19. The first-order valence-corrected chi connectivity index (χ1v) is 9.99. The van der Waals surface area contributed by atoms with Gasteiger partial charge in [-0.25, -0.2) is 13.1 Å². The van der Waals surface area contributed by atoms with Crippen molar-refractivity contribution in [3.8, 4) is 0 Å². The van der Waals surface area contributed by atoms with E-state index in [2.05, 4.69) is 39.5 Å². The molecule has 0 fully saturated rings. The fourth-order valence-electron chi connectivity index (χ4n) is 3.09. The van der Waals surface area contributed by atoms with Gasteiger partial charge in [0.1, 0.15) is 4.90 Å². The fourth-order valence-corrected chi connectivity index (χ4v) is 4.35. The van der Waals surface area contributed by atoms with Gasteiger partial charge in [0.05, 0.1) is 5.69 Å². The summed E-state index contributed by atoms with van der Waals surface area (Å²) in [4.78, 5) is 0.261. The van der Waals surface area contributed by atoms with Crippen molar-refractivity contribution in [2.75, 3.05) is 6.54 Å². The third-order valence-electron chi connectivity index (χ3n) is 4.38. The van der Waals surface area contributed by atoms with Gasteiger partial charge >= 0.3 is 0 Å². The number of sulfonamides is 1. The van der Waals surface area contributed by atoms with E-state index < -0.39 is 10.0 Å². The lowest BCUT2D eigenvalue weighted by Gasteiger charge is -2.09. The van der Waals surface area contributed by atoms with Gasteiger partial charge in [0.15, 0.2) is 0 Å². The van der Waals surface area contributed by atoms with Crippen molar-refractivity contribution in [2.45, 2.75) is 45.2 Å². The van der Waals surface area contributed by atoms with Gasteiger partial charge in [-0.05, 0) is 44.7 Å². The Balaban J connectivity index is 1.64. The SMILES string of the molecule is CCn1cc(S(=O)(=O)NCCCn2c(C)cc3ccccc32)c(C)n1. The molecule has 1 aromatic carbocycles. The van der Waals surface area contributed by atoms with E-state index in [1.165, 1.54) is 16.6 Å². The van der Waals surface area contributed by atoms with Crippen LogP contribution in [-0.4, -0.2) is 29.3 Å². The van der Waals surface area contributed by atoms with Crippen molar-refractivity contribution in [3.05, 3.63) is 47.9 Å². The molecule has 25 heavy (non-hydrogen) atoms. The lowest BCUT2D eigenvalue weighted by atomic mass is 10.2. The van der Waals surface area contributed by atoms with Crippen LogP contribution in [0.3, 0.4) is 0 Å². The largest absolute Gasteiger partial charge is 0.345 e. The number of fused-ring (bicyclic) bond motifs is 1. The number of benzene rings is 1. The summed E-state index contributed by atoms with van der Waals surface area (Å²) in [7, 11) is -3.52. The van der Waals surface area contributed by atoms with Crippen LogP contribution in [0.15, 0.2) is 41.4 Å². The lowest BCUT2D eigenvalue weighted by molar-refractivity contribution is 0.570. The fraction of sp³-hybridized carbons (Fsp3) is 0.389. The predicted molar refractivity (Wildman–Crippen MR) is 99.1 cm³/mol. The maximum atomic E-state index is 12.5. The topological polar surface area (TPSA) is 68.9 Å². The summed E-state index contributed by atoms with van der Waals surface area (Å²) in [6.07, 6.45) is 2.31. The molecule has 0 bridgehead atoms. The first kappa shape index (κ1) is 17.7. The van der Waals surface area contributed by atoms with Crippen LogP contribution < -0.4 is 4.72 Å². The number of rotatable bonds is 7. The number of nitrogens with one attached hydrogen (secondary N) is 1. The summed E-state index contributed by atoms with van der Waals surface area (Å²) in [5.74, 6) is 0. The predicted octanol–water partition coefficient (Wildman–Crippen LogP) is 2.84. The molecular weight excluding hydrogens is 336 g/mol. The second-order valence-electron chi connectivity index (χ2n) is 6.18. The molecule has 1 N–H and O–H groups in total. The van der Waals surface area contributed by atoms with E-state index in [0.29, 0.717) is 18.8 Å². The van der Waals surface area contributed by atoms with E-state index in [-0.39, 0.29) is 4.90 Å². The number of hydrogen-bond donors (Lipinski definition) is 1. The molecule has 134 valence electrons. The van der Waals surface area contributed by atoms with Gasteiger partial charge in [-0.3, -0.25) is 4.68 Å². The minimum atomic E-state index is -3.52. The summed E-state index contributed by atoms with van der Waals surface area (Å²) >= 11 is 0. The van der Waals surface area contributed by atoms with Crippen molar-refractivity contribution in [1.29, 1.82) is 0 Å². The molecule has 0 radical (unpaired) electrons.